The Bertz CT molecular complexity index is 444. The Morgan fingerprint density at radius 2 is 2.65 bits per heavy atom. The fraction of sp³-hybridized carbons (Fsp3) is 0.500. The monoisotopic (exact) mass is 313 g/mol. The predicted molar refractivity (Wildman–Crippen MR) is 70.4 cm³/mol. The van der Waals surface area contributed by atoms with Crippen molar-refractivity contribution < 1.29 is 9.63 Å². The Labute approximate surface area is 113 Å². The third-order valence-corrected chi connectivity index (χ3v) is 5.29. The maximum Gasteiger partial charge on any atom is 0.293 e. The van der Waals surface area contributed by atoms with Crippen molar-refractivity contribution in [3.8, 4) is 0 Å². The molecule has 1 N–H and O–H groups in total. The van der Waals surface area contributed by atoms with Crippen molar-refractivity contribution in [2.45, 2.75) is 5.54 Å². The van der Waals surface area contributed by atoms with Gasteiger partial charge in [0.2, 0.25) is 0 Å². The highest BCUT2D eigenvalue weighted by molar-refractivity contribution is 9.10. The first kappa shape index (κ1) is 11.9. The normalized spacial score (nSPS) is 32.6. The van der Waals surface area contributed by atoms with Crippen molar-refractivity contribution in [3.63, 3.8) is 0 Å². The zero-order valence-corrected chi connectivity index (χ0v) is 11.5. The first-order valence-electron chi connectivity index (χ1n) is 5.41. The van der Waals surface area contributed by atoms with E-state index < -0.39 is 0 Å². The standard InChI is InChI=1S/C10H11BBrN2O2S/c12-8-1-9(17-4-8)10-5-14(11-6-15)2-7(10)3-16-13-10/h1,4,6-7,13H,2-3,5H2. The van der Waals surface area contributed by atoms with Crippen molar-refractivity contribution in [3.05, 3.63) is 20.8 Å². The number of nitrogens with one attached hydrogen (secondary N) is 1. The highest BCUT2D eigenvalue weighted by atomic mass is 79.9. The highest BCUT2D eigenvalue weighted by Gasteiger charge is 2.52. The molecule has 1 aromatic rings. The lowest BCUT2D eigenvalue weighted by Crippen LogP contribution is -2.43. The molecule has 3 rings (SSSR count). The molecule has 1 aromatic heterocycles. The van der Waals surface area contributed by atoms with Crippen molar-refractivity contribution in [2.24, 2.45) is 5.92 Å². The quantitative estimate of drug-likeness (QED) is 0.667. The number of hydroxylamine groups is 1. The Morgan fingerprint density at radius 1 is 1.76 bits per heavy atom. The minimum atomic E-state index is -0.157. The second-order valence-corrected chi connectivity index (χ2v) is 6.25. The van der Waals surface area contributed by atoms with E-state index in [0.717, 1.165) is 23.7 Å². The number of carbonyl (C=O) groups is 1. The number of rotatable bonds is 3. The molecule has 3 heterocycles. The van der Waals surface area contributed by atoms with Gasteiger partial charge in [-0.2, -0.15) is 5.48 Å². The number of hydrogen-bond acceptors (Lipinski definition) is 5. The second-order valence-electron chi connectivity index (χ2n) is 4.43. The zero-order valence-electron chi connectivity index (χ0n) is 9.06. The second kappa shape index (κ2) is 4.48. The smallest absolute Gasteiger partial charge is 0.293 e. The Balaban J connectivity index is 1.91. The highest BCUT2D eigenvalue weighted by Crippen LogP contribution is 2.43. The van der Waals surface area contributed by atoms with Crippen molar-refractivity contribution >= 4 is 40.9 Å². The molecule has 2 aliphatic rings. The molecule has 2 atom stereocenters. The van der Waals surface area contributed by atoms with Gasteiger partial charge in [0.05, 0.1) is 18.3 Å². The van der Waals surface area contributed by atoms with Gasteiger partial charge in [-0.05, 0) is 28.5 Å². The number of carbonyl (C=O) groups excluding carboxylic acids is 1. The van der Waals surface area contributed by atoms with E-state index in [1.807, 2.05) is 0 Å². The summed E-state index contributed by atoms with van der Waals surface area (Å²) in [7, 11) is 1.62. The maximum absolute atomic E-state index is 10.6. The first-order chi connectivity index (χ1) is 8.24. The van der Waals surface area contributed by atoms with Crippen LogP contribution >= 0.6 is 27.3 Å². The molecule has 4 nitrogen and oxygen atoms in total. The first-order valence-corrected chi connectivity index (χ1v) is 7.08. The van der Waals surface area contributed by atoms with Crippen LogP contribution in [0.4, 0.5) is 0 Å². The summed E-state index contributed by atoms with van der Waals surface area (Å²) in [5.41, 5.74) is 3.01. The molecule has 1 radical (unpaired) electrons. The molecular weight excluding hydrogens is 303 g/mol. The molecule has 0 bridgehead atoms. The minimum Gasteiger partial charge on any atom is -0.337 e. The average molecular weight is 314 g/mol. The van der Waals surface area contributed by atoms with Crippen LogP contribution in [-0.2, 0) is 15.2 Å². The van der Waals surface area contributed by atoms with E-state index in [0.29, 0.717) is 12.5 Å². The van der Waals surface area contributed by atoms with Crippen LogP contribution in [0.1, 0.15) is 4.88 Å². The Kier molecular flexibility index (Phi) is 3.12. The van der Waals surface area contributed by atoms with Gasteiger partial charge in [0.25, 0.3) is 7.41 Å². The van der Waals surface area contributed by atoms with Gasteiger partial charge in [-0.15, -0.1) is 11.3 Å². The SMILES string of the molecule is O=C[B]N1CC2CONC2(c2cc(Br)cs2)C1. The topological polar surface area (TPSA) is 41.6 Å². The third-order valence-electron chi connectivity index (χ3n) is 3.42. The van der Waals surface area contributed by atoms with Gasteiger partial charge in [0, 0.05) is 27.2 Å². The van der Waals surface area contributed by atoms with Crippen molar-refractivity contribution in [1.29, 1.82) is 0 Å². The van der Waals surface area contributed by atoms with Gasteiger partial charge >= 0.3 is 0 Å². The zero-order chi connectivity index (χ0) is 11.9. The summed E-state index contributed by atoms with van der Waals surface area (Å²) in [5.74, 6) is 0.393. The summed E-state index contributed by atoms with van der Waals surface area (Å²) in [6.45, 7) is 2.34. The van der Waals surface area contributed by atoms with E-state index in [2.05, 4.69) is 37.7 Å². The number of nitrogens with zero attached hydrogens (tertiary/aromatic N) is 1. The van der Waals surface area contributed by atoms with E-state index in [1.54, 1.807) is 18.8 Å². The van der Waals surface area contributed by atoms with Crippen LogP contribution in [-0.4, -0.2) is 38.1 Å². The maximum atomic E-state index is 10.6. The summed E-state index contributed by atoms with van der Waals surface area (Å²) < 4.78 is 1.09. The number of hydrogen-bond donors (Lipinski definition) is 1. The molecule has 0 aliphatic carbocycles. The van der Waals surface area contributed by atoms with Gasteiger partial charge in [-0.1, -0.05) is 0 Å². The molecule has 0 amide bonds. The lowest BCUT2D eigenvalue weighted by molar-refractivity contribution is 0.0554. The van der Waals surface area contributed by atoms with Crippen LogP contribution < -0.4 is 5.48 Å². The molecule has 0 saturated carbocycles. The fourth-order valence-electron chi connectivity index (χ4n) is 2.61. The largest absolute Gasteiger partial charge is 0.337 e. The average Bonchev–Trinajstić information content (AvgIpc) is 2.91. The van der Waals surface area contributed by atoms with Gasteiger partial charge in [-0.3, -0.25) is 0 Å². The van der Waals surface area contributed by atoms with E-state index in [-0.39, 0.29) is 5.54 Å². The van der Waals surface area contributed by atoms with Crippen LogP contribution in [0.2, 0.25) is 0 Å². The fourth-order valence-corrected chi connectivity index (χ4v) is 4.26. The molecule has 17 heavy (non-hydrogen) atoms. The summed E-state index contributed by atoms with van der Waals surface area (Å²) in [5, 5.41) is 2.08. The van der Waals surface area contributed by atoms with Crippen LogP contribution in [0.25, 0.3) is 0 Å². The summed E-state index contributed by atoms with van der Waals surface area (Å²) in [6.07, 6.45) is 0.847. The summed E-state index contributed by atoms with van der Waals surface area (Å²) >= 11 is 5.20. The summed E-state index contributed by atoms with van der Waals surface area (Å²) in [6, 6.07) is 2.13. The lowest BCUT2D eigenvalue weighted by atomic mass is 9.88. The molecule has 2 aliphatic heterocycles. The molecule has 2 unspecified atom stereocenters. The molecule has 7 heteroatoms. The minimum absolute atomic E-state index is 0.157. The number of fused-ring (bicyclic) bond motifs is 1. The van der Waals surface area contributed by atoms with Gasteiger partial charge < -0.3 is 14.4 Å². The van der Waals surface area contributed by atoms with Gasteiger partial charge in [-0.25, -0.2) is 0 Å². The van der Waals surface area contributed by atoms with Crippen molar-refractivity contribution in [2.75, 3.05) is 19.7 Å². The lowest BCUT2D eigenvalue weighted by Gasteiger charge is -2.26. The number of halogens is 1. The molecular formula is C10H11BBrN2O2S. The van der Waals surface area contributed by atoms with Gasteiger partial charge in [0.1, 0.15) is 0 Å². The molecule has 89 valence electrons. The summed E-state index contributed by atoms with van der Waals surface area (Å²) in [4.78, 5) is 19.3. The number of thiophene rings is 1. The molecule has 2 fully saturated rings. The van der Waals surface area contributed by atoms with Crippen LogP contribution in [0.5, 0.6) is 0 Å². The van der Waals surface area contributed by atoms with E-state index in [9.17, 15) is 4.79 Å². The van der Waals surface area contributed by atoms with Crippen LogP contribution in [0.15, 0.2) is 15.9 Å². The van der Waals surface area contributed by atoms with Crippen molar-refractivity contribution in [1.82, 2.24) is 10.3 Å². The van der Waals surface area contributed by atoms with Crippen LogP contribution in [0.3, 0.4) is 0 Å². The van der Waals surface area contributed by atoms with Crippen LogP contribution in [0, 0.1) is 5.92 Å². The molecule has 0 aromatic carbocycles. The predicted octanol–water partition coefficient (Wildman–Crippen LogP) is 0.982. The molecule has 0 spiro atoms. The molecule has 2 saturated heterocycles. The van der Waals surface area contributed by atoms with Gasteiger partial charge in [0.15, 0.2) is 0 Å². The van der Waals surface area contributed by atoms with E-state index in [4.69, 9.17) is 4.84 Å². The third kappa shape index (κ3) is 1.90. The Morgan fingerprint density at radius 3 is 3.35 bits per heavy atom. The van der Waals surface area contributed by atoms with E-state index >= 15 is 0 Å². The van der Waals surface area contributed by atoms with E-state index in [1.165, 1.54) is 4.88 Å². The Hall–Kier alpha value is -0.205.